The van der Waals surface area contributed by atoms with Crippen LogP contribution in [0.15, 0.2) is 11.2 Å². The summed E-state index contributed by atoms with van der Waals surface area (Å²) in [6, 6.07) is 0. The number of hydrogen-bond acceptors (Lipinski definition) is 3. The fourth-order valence-electron chi connectivity index (χ4n) is 0.589. The quantitative estimate of drug-likeness (QED) is 0.573. The summed E-state index contributed by atoms with van der Waals surface area (Å²) in [7, 11) is 0. The van der Waals surface area contributed by atoms with Crippen molar-refractivity contribution >= 4 is 18.1 Å². The average molecular weight is 140 g/mol. The van der Waals surface area contributed by atoms with Gasteiger partial charge in [0.2, 0.25) is 0 Å². The number of aliphatic imine (C=N–C) groups is 1. The molecule has 0 aromatic carbocycles. The molecule has 0 N–H and O–H groups in total. The molecule has 0 aliphatic heterocycles. The molecule has 0 unspecified atom stereocenters. The van der Waals surface area contributed by atoms with Crippen LogP contribution in [0.5, 0.6) is 0 Å². The van der Waals surface area contributed by atoms with E-state index in [9.17, 15) is 0 Å². The van der Waals surface area contributed by atoms with Crippen molar-refractivity contribution in [3.63, 3.8) is 0 Å². The Labute approximate surface area is 58.3 Å². The first-order chi connectivity index (χ1) is 4.33. The van der Waals surface area contributed by atoms with E-state index in [1.807, 2.05) is 13.1 Å². The molecule has 0 spiro atoms. The van der Waals surface area contributed by atoms with Crippen molar-refractivity contribution in [2.45, 2.75) is 13.5 Å². The van der Waals surface area contributed by atoms with Crippen LogP contribution >= 0.6 is 11.3 Å². The Morgan fingerprint density at radius 1 is 1.89 bits per heavy atom. The minimum Gasteiger partial charge on any atom is -0.295 e. The number of aryl methyl sites for hydroxylation is 1. The fraction of sp³-hybridized carbons (Fsp3) is 0.333. The van der Waals surface area contributed by atoms with E-state index >= 15 is 0 Å². The Bertz CT molecular complexity index is 205. The van der Waals surface area contributed by atoms with Gasteiger partial charge in [-0.15, -0.1) is 11.3 Å². The maximum Gasteiger partial charge on any atom is 0.0897 e. The Hall–Kier alpha value is -0.700. The van der Waals surface area contributed by atoms with E-state index in [2.05, 4.69) is 16.7 Å². The van der Waals surface area contributed by atoms with E-state index in [1.54, 1.807) is 11.3 Å². The van der Waals surface area contributed by atoms with Crippen molar-refractivity contribution in [2.24, 2.45) is 4.99 Å². The van der Waals surface area contributed by atoms with E-state index in [0.717, 1.165) is 5.01 Å². The Balaban J connectivity index is 2.72. The summed E-state index contributed by atoms with van der Waals surface area (Å²) >= 11 is 1.67. The summed E-state index contributed by atoms with van der Waals surface area (Å²) in [5.41, 5.74) is 0. The molecule has 0 radical (unpaired) electrons. The van der Waals surface area contributed by atoms with Crippen molar-refractivity contribution in [1.29, 1.82) is 0 Å². The van der Waals surface area contributed by atoms with Gasteiger partial charge in [-0.1, -0.05) is 0 Å². The Kier molecular flexibility index (Phi) is 1.95. The van der Waals surface area contributed by atoms with Crippen LogP contribution in [0.25, 0.3) is 0 Å². The predicted octanol–water partition coefficient (Wildman–Crippen LogP) is 1.65. The van der Waals surface area contributed by atoms with Gasteiger partial charge in [0.15, 0.2) is 0 Å². The van der Waals surface area contributed by atoms with Crippen LogP contribution in [-0.4, -0.2) is 11.7 Å². The van der Waals surface area contributed by atoms with Crippen molar-refractivity contribution in [2.75, 3.05) is 0 Å². The lowest BCUT2D eigenvalue weighted by molar-refractivity contribution is 1.11. The van der Waals surface area contributed by atoms with Crippen molar-refractivity contribution in [1.82, 2.24) is 4.98 Å². The number of thiazole rings is 1. The van der Waals surface area contributed by atoms with Crippen LogP contribution in [0.4, 0.5) is 0 Å². The van der Waals surface area contributed by atoms with Gasteiger partial charge < -0.3 is 0 Å². The van der Waals surface area contributed by atoms with Crippen molar-refractivity contribution in [3.8, 4) is 0 Å². The van der Waals surface area contributed by atoms with Crippen molar-refractivity contribution < 1.29 is 0 Å². The number of aromatic nitrogens is 1. The molecule has 1 rings (SSSR count). The lowest BCUT2D eigenvalue weighted by Crippen LogP contribution is -1.68. The minimum absolute atomic E-state index is 0.700. The van der Waals surface area contributed by atoms with Gasteiger partial charge in [-0.3, -0.25) is 4.99 Å². The molecule has 1 aromatic heterocycles. The highest BCUT2D eigenvalue weighted by molar-refractivity contribution is 7.11. The molecule has 1 aromatic rings. The van der Waals surface area contributed by atoms with E-state index in [-0.39, 0.29) is 0 Å². The first-order valence-electron chi connectivity index (χ1n) is 2.66. The van der Waals surface area contributed by atoms with Gasteiger partial charge in [-0.2, -0.15) is 0 Å². The first kappa shape index (κ1) is 6.42. The first-order valence-corrected chi connectivity index (χ1v) is 3.48. The molecule has 3 heteroatoms. The van der Waals surface area contributed by atoms with Crippen LogP contribution in [0, 0.1) is 6.92 Å². The molecule has 1 heterocycles. The van der Waals surface area contributed by atoms with Crippen LogP contribution in [-0.2, 0) is 6.54 Å². The van der Waals surface area contributed by atoms with Gasteiger partial charge in [0.1, 0.15) is 0 Å². The number of hydrogen-bond donors (Lipinski definition) is 0. The average Bonchev–Trinajstić information content (AvgIpc) is 2.17. The Morgan fingerprint density at radius 3 is 3.11 bits per heavy atom. The molecule has 48 valence electrons. The lowest BCUT2D eigenvalue weighted by Gasteiger charge is -1.81. The van der Waals surface area contributed by atoms with E-state index < -0.39 is 0 Å². The van der Waals surface area contributed by atoms with Gasteiger partial charge in [-0.25, -0.2) is 4.98 Å². The highest BCUT2D eigenvalue weighted by atomic mass is 32.1. The number of nitrogens with zero attached hydrogens (tertiary/aromatic N) is 2. The fourth-order valence-corrected chi connectivity index (χ4v) is 1.33. The molecule has 0 aliphatic carbocycles. The van der Waals surface area contributed by atoms with Gasteiger partial charge in [0.25, 0.3) is 0 Å². The molecular formula is C6H8N2S. The normalized spacial score (nSPS) is 9.44. The molecular weight excluding hydrogens is 132 g/mol. The lowest BCUT2D eigenvalue weighted by atomic mass is 10.6. The maximum atomic E-state index is 4.07. The molecule has 9 heavy (non-hydrogen) atoms. The molecule has 0 fully saturated rings. The maximum absolute atomic E-state index is 4.07. The monoisotopic (exact) mass is 140 g/mol. The molecule has 0 bridgehead atoms. The standard InChI is InChI=1S/C6H8N2S/c1-5-8-4-6(9-5)3-7-2/h4H,2-3H2,1H3. The van der Waals surface area contributed by atoms with Crippen molar-refractivity contribution in [3.05, 3.63) is 16.1 Å². The molecule has 0 amide bonds. The highest BCUT2D eigenvalue weighted by Gasteiger charge is 1.93. The second-order valence-corrected chi connectivity index (χ2v) is 3.05. The van der Waals surface area contributed by atoms with E-state index in [1.165, 1.54) is 4.88 Å². The summed E-state index contributed by atoms with van der Waals surface area (Å²) in [6.07, 6.45) is 1.84. The van der Waals surface area contributed by atoms with Crippen LogP contribution in [0.1, 0.15) is 9.88 Å². The van der Waals surface area contributed by atoms with E-state index in [4.69, 9.17) is 0 Å². The molecule has 0 saturated heterocycles. The predicted molar refractivity (Wildman–Crippen MR) is 40.1 cm³/mol. The van der Waals surface area contributed by atoms with Crippen LogP contribution < -0.4 is 0 Å². The van der Waals surface area contributed by atoms with Gasteiger partial charge in [0, 0.05) is 11.1 Å². The second-order valence-electron chi connectivity index (χ2n) is 1.73. The summed E-state index contributed by atoms with van der Waals surface area (Å²) < 4.78 is 0. The minimum atomic E-state index is 0.700. The van der Waals surface area contributed by atoms with Crippen LogP contribution in [0.3, 0.4) is 0 Å². The number of rotatable bonds is 2. The Morgan fingerprint density at radius 2 is 2.67 bits per heavy atom. The highest BCUT2D eigenvalue weighted by Crippen LogP contribution is 2.11. The third kappa shape index (κ3) is 1.61. The van der Waals surface area contributed by atoms with Gasteiger partial charge >= 0.3 is 0 Å². The zero-order chi connectivity index (χ0) is 6.69. The molecule has 0 aliphatic rings. The SMILES string of the molecule is C=NCc1cnc(C)s1. The van der Waals surface area contributed by atoms with E-state index in [0.29, 0.717) is 6.54 Å². The third-order valence-electron chi connectivity index (χ3n) is 0.937. The third-order valence-corrected chi connectivity index (χ3v) is 1.83. The summed E-state index contributed by atoms with van der Waals surface area (Å²) in [5, 5.41) is 1.09. The summed E-state index contributed by atoms with van der Waals surface area (Å²) in [5.74, 6) is 0. The molecule has 0 saturated carbocycles. The topological polar surface area (TPSA) is 25.2 Å². The zero-order valence-electron chi connectivity index (χ0n) is 5.29. The second kappa shape index (κ2) is 2.73. The zero-order valence-corrected chi connectivity index (χ0v) is 6.11. The summed E-state index contributed by atoms with van der Waals surface area (Å²) in [4.78, 5) is 8.99. The smallest absolute Gasteiger partial charge is 0.0897 e. The largest absolute Gasteiger partial charge is 0.295 e. The molecule has 0 atom stereocenters. The molecule has 2 nitrogen and oxygen atoms in total. The van der Waals surface area contributed by atoms with Gasteiger partial charge in [-0.05, 0) is 13.6 Å². The van der Waals surface area contributed by atoms with Crippen LogP contribution in [0.2, 0.25) is 0 Å². The van der Waals surface area contributed by atoms with Gasteiger partial charge in [0.05, 0.1) is 11.6 Å². The summed E-state index contributed by atoms with van der Waals surface area (Å²) in [6.45, 7) is 6.08.